The van der Waals surface area contributed by atoms with Gasteiger partial charge in [0.25, 0.3) is 0 Å². The van der Waals surface area contributed by atoms with Crippen LogP contribution in [-0.2, 0) is 11.2 Å². The van der Waals surface area contributed by atoms with Crippen LogP contribution >= 0.6 is 0 Å². The fraction of sp³-hybridized carbons (Fsp3) is 0.235. The average molecular weight is 327 g/mol. The molecule has 0 radical (unpaired) electrons. The van der Waals surface area contributed by atoms with Gasteiger partial charge in [-0.3, -0.25) is 4.98 Å². The zero-order valence-corrected chi connectivity index (χ0v) is 13.0. The van der Waals surface area contributed by atoms with Gasteiger partial charge in [0, 0.05) is 24.4 Å². The van der Waals surface area contributed by atoms with E-state index >= 15 is 0 Å². The molecule has 7 heteroatoms. The zero-order valence-electron chi connectivity index (χ0n) is 13.0. The first-order valence-electron chi connectivity index (χ1n) is 7.08. The smallest absolute Gasteiger partial charge is 0.338 e. The molecule has 124 valence electrons. The van der Waals surface area contributed by atoms with Crippen molar-refractivity contribution in [1.29, 1.82) is 0 Å². The molecule has 0 spiro atoms. The lowest BCUT2D eigenvalue weighted by molar-refractivity contribution is -0.161. The lowest BCUT2D eigenvalue weighted by Crippen LogP contribution is -2.50. The molecule has 1 aromatic carbocycles. The van der Waals surface area contributed by atoms with Gasteiger partial charge in [-0.1, -0.05) is 24.3 Å². The Morgan fingerprint density at radius 1 is 1.42 bits per heavy atom. The lowest BCUT2D eigenvalue weighted by Gasteiger charge is -2.30. The molecule has 0 aliphatic heterocycles. The molecular weight excluding hydrogens is 310 g/mol. The van der Waals surface area contributed by atoms with Gasteiger partial charge in [0.2, 0.25) is 0 Å². The number of carbonyl (C=O) groups is 1. The first kappa shape index (κ1) is 17.4. The fourth-order valence-electron chi connectivity index (χ4n) is 2.31. The minimum absolute atomic E-state index is 0.286. The van der Waals surface area contributed by atoms with Gasteiger partial charge in [0.1, 0.15) is 5.75 Å². The van der Waals surface area contributed by atoms with E-state index in [4.69, 9.17) is 17.0 Å². The molecule has 24 heavy (non-hydrogen) atoms. The van der Waals surface area contributed by atoms with Gasteiger partial charge in [0.15, 0.2) is 11.3 Å². The monoisotopic (exact) mass is 327 g/mol. The predicted octanol–water partition coefficient (Wildman–Crippen LogP) is 1.70. The van der Waals surface area contributed by atoms with E-state index in [1.54, 1.807) is 12.1 Å². The Labute approximate surface area is 139 Å². The SMILES string of the molecule is [C-]#[N+]c1ccc([C@H](N)[C@](O)(Cc2cc(OC)ccn2)C(=O)O)cc1. The fourth-order valence-corrected chi connectivity index (χ4v) is 2.31. The van der Waals surface area contributed by atoms with Gasteiger partial charge < -0.3 is 20.7 Å². The van der Waals surface area contributed by atoms with E-state index in [0.717, 1.165) is 0 Å². The molecule has 0 aliphatic rings. The number of hydrogen-bond acceptors (Lipinski definition) is 5. The Kier molecular flexibility index (Phi) is 5.14. The summed E-state index contributed by atoms with van der Waals surface area (Å²) in [7, 11) is 1.48. The number of aliphatic carboxylic acids is 1. The second kappa shape index (κ2) is 7.08. The third kappa shape index (κ3) is 3.51. The number of rotatable bonds is 6. The molecule has 7 nitrogen and oxygen atoms in total. The van der Waals surface area contributed by atoms with Crippen molar-refractivity contribution in [3.05, 3.63) is 65.3 Å². The van der Waals surface area contributed by atoms with Crippen molar-refractivity contribution in [2.75, 3.05) is 7.11 Å². The molecule has 2 rings (SSSR count). The highest BCUT2D eigenvalue weighted by Crippen LogP contribution is 2.29. The Morgan fingerprint density at radius 2 is 2.08 bits per heavy atom. The average Bonchev–Trinajstić information content (AvgIpc) is 2.61. The normalized spacial score (nSPS) is 14.2. The van der Waals surface area contributed by atoms with Crippen LogP contribution < -0.4 is 10.5 Å². The number of methoxy groups -OCH3 is 1. The van der Waals surface area contributed by atoms with Gasteiger partial charge in [0.05, 0.1) is 19.7 Å². The molecule has 0 saturated carbocycles. The van der Waals surface area contributed by atoms with Crippen LogP contribution in [0.5, 0.6) is 5.75 Å². The van der Waals surface area contributed by atoms with Crippen LogP contribution in [0.4, 0.5) is 5.69 Å². The largest absolute Gasteiger partial charge is 0.497 e. The molecule has 0 bridgehead atoms. The minimum atomic E-state index is -2.25. The summed E-state index contributed by atoms with van der Waals surface area (Å²) in [6.45, 7) is 6.93. The number of carboxylic acids is 1. The molecule has 0 fully saturated rings. The van der Waals surface area contributed by atoms with Crippen LogP contribution in [-0.4, -0.2) is 33.9 Å². The Hall–Kier alpha value is -2.95. The highest BCUT2D eigenvalue weighted by atomic mass is 16.5. The quantitative estimate of drug-likeness (QED) is 0.697. The second-order valence-electron chi connectivity index (χ2n) is 5.27. The third-order valence-electron chi connectivity index (χ3n) is 3.74. The molecule has 0 aliphatic carbocycles. The Balaban J connectivity index is 2.34. The highest BCUT2D eigenvalue weighted by molar-refractivity contribution is 5.79. The van der Waals surface area contributed by atoms with Crippen molar-refractivity contribution in [1.82, 2.24) is 4.98 Å². The van der Waals surface area contributed by atoms with E-state index in [2.05, 4.69) is 9.83 Å². The van der Waals surface area contributed by atoms with E-state index in [-0.39, 0.29) is 6.42 Å². The van der Waals surface area contributed by atoms with Crippen LogP contribution in [0.1, 0.15) is 17.3 Å². The third-order valence-corrected chi connectivity index (χ3v) is 3.74. The predicted molar refractivity (Wildman–Crippen MR) is 86.7 cm³/mol. The van der Waals surface area contributed by atoms with Crippen molar-refractivity contribution in [3.63, 3.8) is 0 Å². The van der Waals surface area contributed by atoms with Crippen LogP contribution in [0, 0.1) is 6.57 Å². The zero-order chi connectivity index (χ0) is 17.7. The number of nitrogens with zero attached hydrogens (tertiary/aromatic N) is 2. The second-order valence-corrected chi connectivity index (χ2v) is 5.27. The number of aromatic nitrogens is 1. The topological polar surface area (TPSA) is 110 Å². The van der Waals surface area contributed by atoms with E-state index < -0.39 is 17.6 Å². The molecule has 1 aromatic heterocycles. The van der Waals surface area contributed by atoms with Crippen LogP contribution in [0.3, 0.4) is 0 Å². The maximum absolute atomic E-state index is 11.7. The number of hydrogen-bond donors (Lipinski definition) is 3. The van der Waals surface area contributed by atoms with Crippen LogP contribution in [0.15, 0.2) is 42.6 Å². The number of benzene rings is 1. The van der Waals surface area contributed by atoms with Crippen molar-refractivity contribution >= 4 is 11.7 Å². The number of aliphatic hydroxyl groups is 1. The first-order valence-corrected chi connectivity index (χ1v) is 7.08. The maximum atomic E-state index is 11.7. The van der Waals surface area contributed by atoms with E-state index in [1.807, 2.05) is 0 Å². The van der Waals surface area contributed by atoms with Crippen LogP contribution in [0.25, 0.3) is 4.85 Å². The number of carboxylic acid groups (broad SMARTS) is 1. The molecule has 0 amide bonds. The number of nitrogens with two attached hydrogens (primary N) is 1. The summed E-state index contributed by atoms with van der Waals surface area (Å²) in [5, 5.41) is 20.2. The van der Waals surface area contributed by atoms with Crippen LogP contribution in [0.2, 0.25) is 0 Å². The number of pyridine rings is 1. The summed E-state index contributed by atoms with van der Waals surface area (Å²) in [4.78, 5) is 19.0. The Morgan fingerprint density at radius 3 is 2.62 bits per heavy atom. The summed E-state index contributed by atoms with van der Waals surface area (Å²) < 4.78 is 5.07. The maximum Gasteiger partial charge on any atom is 0.338 e. The van der Waals surface area contributed by atoms with Gasteiger partial charge in [-0.05, 0) is 11.6 Å². The highest BCUT2D eigenvalue weighted by Gasteiger charge is 2.43. The standard InChI is InChI=1S/C17H17N3O4/c1-19-12-5-3-11(4-6-12)15(18)17(23,16(21)22)10-13-9-14(24-2)7-8-20-13/h3-9,15,23H,10,18H2,2H3,(H,21,22)/t15-,17+/m0/s1. The van der Waals surface area contributed by atoms with Gasteiger partial charge in [-0.2, -0.15) is 0 Å². The minimum Gasteiger partial charge on any atom is -0.497 e. The number of ether oxygens (including phenoxy) is 1. The molecule has 2 atom stereocenters. The van der Waals surface area contributed by atoms with Crippen molar-refractivity contribution in [3.8, 4) is 5.75 Å². The molecule has 0 unspecified atom stereocenters. The molecule has 1 heterocycles. The van der Waals surface area contributed by atoms with E-state index in [1.165, 1.54) is 37.6 Å². The molecule has 2 aromatic rings. The van der Waals surface area contributed by atoms with Gasteiger partial charge in [-0.15, -0.1) is 0 Å². The van der Waals surface area contributed by atoms with E-state index in [0.29, 0.717) is 22.7 Å². The summed E-state index contributed by atoms with van der Waals surface area (Å²) in [6, 6.07) is 8.08. The first-order chi connectivity index (χ1) is 11.4. The molecule has 4 N–H and O–H groups in total. The van der Waals surface area contributed by atoms with Crippen molar-refractivity contribution < 1.29 is 19.7 Å². The Bertz CT molecular complexity index is 770. The van der Waals surface area contributed by atoms with Gasteiger partial charge in [-0.25, -0.2) is 9.64 Å². The molecule has 0 saturated heterocycles. The van der Waals surface area contributed by atoms with Gasteiger partial charge >= 0.3 is 5.97 Å². The van der Waals surface area contributed by atoms with Crippen molar-refractivity contribution in [2.24, 2.45) is 5.73 Å². The molecular formula is C17H17N3O4. The van der Waals surface area contributed by atoms with Crippen molar-refractivity contribution in [2.45, 2.75) is 18.1 Å². The summed E-state index contributed by atoms with van der Waals surface area (Å²) in [6.07, 6.45) is 1.18. The lowest BCUT2D eigenvalue weighted by atomic mass is 9.85. The summed E-state index contributed by atoms with van der Waals surface area (Å²) >= 11 is 0. The van der Waals surface area contributed by atoms with E-state index in [9.17, 15) is 15.0 Å². The summed E-state index contributed by atoms with van der Waals surface area (Å²) in [5.74, 6) is -0.948. The summed E-state index contributed by atoms with van der Waals surface area (Å²) in [5.41, 5.74) is 4.92.